The van der Waals surface area contributed by atoms with Crippen LogP contribution in [0.4, 0.5) is 10.2 Å². The summed E-state index contributed by atoms with van der Waals surface area (Å²) in [5.41, 5.74) is 0. The molecular formula is C15H24FN3O2Si. The quantitative estimate of drug-likeness (QED) is 0.630. The second-order valence-corrected chi connectivity index (χ2v) is 12.0. The van der Waals surface area contributed by atoms with Gasteiger partial charge in [-0.2, -0.15) is 9.37 Å². The fraction of sp³-hybridized carbons (Fsp3) is 0.667. The molecule has 1 unspecified atom stereocenters. The van der Waals surface area contributed by atoms with E-state index in [1.54, 1.807) is 11.0 Å². The van der Waals surface area contributed by atoms with Crippen molar-refractivity contribution in [3.8, 4) is 0 Å². The van der Waals surface area contributed by atoms with Crippen LogP contribution in [0.1, 0.15) is 33.6 Å². The predicted molar refractivity (Wildman–Crippen MR) is 85.6 cm³/mol. The molecule has 1 aromatic rings. The third-order valence-electron chi connectivity index (χ3n) is 4.63. The van der Waals surface area contributed by atoms with Crippen LogP contribution in [0.25, 0.3) is 0 Å². The molecule has 22 heavy (non-hydrogen) atoms. The molecule has 122 valence electrons. The van der Waals surface area contributed by atoms with Crippen molar-refractivity contribution < 1.29 is 13.6 Å². The molecule has 1 amide bonds. The Hall–Kier alpha value is -1.34. The van der Waals surface area contributed by atoms with Gasteiger partial charge in [-0.3, -0.25) is 9.69 Å². The Labute approximate surface area is 132 Å². The maximum Gasteiger partial charge on any atom is 0.310 e. The first-order valence-corrected chi connectivity index (χ1v) is 10.5. The number of hydrogen-bond donors (Lipinski definition) is 0. The summed E-state index contributed by atoms with van der Waals surface area (Å²) in [5, 5.41) is 0.113. The Morgan fingerprint density at radius 2 is 2.14 bits per heavy atom. The largest absolute Gasteiger partial charge is 0.415 e. The van der Waals surface area contributed by atoms with E-state index in [4.69, 9.17) is 4.43 Å². The van der Waals surface area contributed by atoms with E-state index < -0.39 is 14.4 Å². The number of hydrogen-bond acceptors (Lipinski definition) is 4. The minimum Gasteiger partial charge on any atom is -0.415 e. The maximum absolute atomic E-state index is 13.2. The van der Waals surface area contributed by atoms with Crippen LogP contribution in [0, 0.1) is 6.08 Å². The highest BCUT2D eigenvalue weighted by atomic mass is 28.4. The number of anilines is 1. The standard InChI is InChI=1S/C15H24FN3O2Si/c1-15(2,3)22(4,5)21-10-11-6-7-13(20)19(11)12-8-9-17-14(16)18-12/h8-9,11H,6-7,10H2,1-5H3. The summed E-state index contributed by atoms with van der Waals surface area (Å²) in [7, 11) is -1.88. The average Bonchev–Trinajstić information content (AvgIpc) is 2.76. The minimum absolute atomic E-state index is 0.0399. The average molecular weight is 325 g/mol. The Bertz CT molecular complexity index is 560. The van der Waals surface area contributed by atoms with Gasteiger partial charge in [0.15, 0.2) is 8.32 Å². The molecule has 0 aliphatic carbocycles. The normalized spacial score (nSPS) is 19.8. The first-order valence-electron chi connectivity index (χ1n) is 7.56. The van der Waals surface area contributed by atoms with E-state index in [0.717, 1.165) is 0 Å². The van der Waals surface area contributed by atoms with Gasteiger partial charge in [-0.15, -0.1) is 0 Å². The highest BCUT2D eigenvalue weighted by Crippen LogP contribution is 2.37. The second kappa shape index (κ2) is 6.04. The first-order chi connectivity index (χ1) is 10.1. The zero-order valence-electron chi connectivity index (χ0n) is 13.9. The van der Waals surface area contributed by atoms with E-state index in [1.165, 1.54) is 6.20 Å². The molecule has 0 aromatic carbocycles. The van der Waals surface area contributed by atoms with Gasteiger partial charge in [0.2, 0.25) is 5.91 Å². The van der Waals surface area contributed by atoms with Gasteiger partial charge in [-0.05, 0) is 30.6 Å². The zero-order chi connectivity index (χ0) is 16.5. The summed E-state index contributed by atoms with van der Waals surface area (Å²) in [6, 6.07) is 1.47. The molecule has 1 aromatic heterocycles. The summed E-state index contributed by atoms with van der Waals surface area (Å²) in [4.78, 5) is 20.8. The Morgan fingerprint density at radius 1 is 1.45 bits per heavy atom. The molecule has 1 fully saturated rings. The molecule has 2 heterocycles. The van der Waals surface area contributed by atoms with Gasteiger partial charge >= 0.3 is 6.08 Å². The molecule has 0 bridgehead atoms. The number of nitrogens with zero attached hydrogens (tertiary/aromatic N) is 3. The lowest BCUT2D eigenvalue weighted by atomic mass is 10.2. The first kappa shape index (κ1) is 17.0. The third-order valence-corrected chi connectivity index (χ3v) is 9.13. The summed E-state index contributed by atoms with van der Waals surface area (Å²) >= 11 is 0. The molecule has 1 aliphatic rings. The van der Waals surface area contributed by atoms with Gasteiger partial charge in [0, 0.05) is 12.6 Å². The van der Waals surface area contributed by atoms with Crippen molar-refractivity contribution in [3.05, 3.63) is 18.3 Å². The van der Waals surface area contributed by atoms with Gasteiger partial charge in [0.05, 0.1) is 12.6 Å². The Balaban J connectivity index is 2.12. The molecule has 0 spiro atoms. The van der Waals surface area contributed by atoms with Crippen LogP contribution in [0.5, 0.6) is 0 Å². The van der Waals surface area contributed by atoms with Crippen molar-refractivity contribution in [3.63, 3.8) is 0 Å². The Morgan fingerprint density at radius 3 is 2.73 bits per heavy atom. The van der Waals surface area contributed by atoms with Crippen molar-refractivity contribution in [2.24, 2.45) is 0 Å². The molecule has 0 radical (unpaired) electrons. The summed E-state index contributed by atoms with van der Waals surface area (Å²) in [6.45, 7) is 11.4. The van der Waals surface area contributed by atoms with E-state index in [9.17, 15) is 9.18 Å². The van der Waals surface area contributed by atoms with Crippen LogP contribution in [-0.4, -0.2) is 36.8 Å². The van der Waals surface area contributed by atoms with Crippen molar-refractivity contribution >= 4 is 20.0 Å². The van der Waals surface area contributed by atoms with Crippen molar-refractivity contribution in [1.82, 2.24) is 9.97 Å². The lowest BCUT2D eigenvalue weighted by molar-refractivity contribution is -0.117. The predicted octanol–water partition coefficient (Wildman–Crippen LogP) is 3.13. The van der Waals surface area contributed by atoms with Gasteiger partial charge in [-0.25, -0.2) is 4.98 Å². The SMILES string of the molecule is CC(C)(C)[Si](C)(C)OCC1CCC(=O)N1c1ccnc(F)n1. The number of carbonyl (C=O) groups excluding carboxylic acids is 1. The van der Waals surface area contributed by atoms with E-state index in [0.29, 0.717) is 25.3 Å². The number of aromatic nitrogens is 2. The third kappa shape index (κ3) is 3.52. The number of amides is 1. The molecule has 0 N–H and O–H groups in total. The van der Waals surface area contributed by atoms with Gasteiger partial charge in [-0.1, -0.05) is 20.8 Å². The fourth-order valence-electron chi connectivity index (χ4n) is 2.20. The summed E-state index contributed by atoms with van der Waals surface area (Å²) in [6.07, 6.45) is 1.66. The van der Waals surface area contributed by atoms with Crippen LogP contribution in [0.3, 0.4) is 0 Å². The minimum atomic E-state index is -1.88. The molecule has 1 aliphatic heterocycles. The monoisotopic (exact) mass is 325 g/mol. The van der Waals surface area contributed by atoms with E-state index >= 15 is 0 Å². The van der Waals surface area contributed by atoms with E-state index in [-0.39, 0.29) is 17.0 Å². The van der Waals surface area contributed by atoms with Crippen LogP contribution in [0.15, 0.2) is 12.3 Å². The zero-order valence-corrected chi connectivity index (χ0v) is 14.9. The topological polar surface area (TPSA) is 55.3 Å². The van der Waals surface area contributed by atoms with Crippen LogP contribution in [-0.2, 0) is 9.22 Å². The molecule has 2 rings (SSSR count). The molecule has 0 saturated carbocycles. The number of rotatable bonds is 4. The summed E-state index contributed by atoms with van der Waals surface area (Å²) in [5.74, 6) is 0.278. The number of halogens is 1. The maximum atomic E-state index is 13.2. The Kier molecular flexibility index (Phi) is 4.67. The van der Waals surface area contributed by atoms with Gasteiger partial charge in [0.25, 0.3) is 0 Å². The van der Waals surface area contributed by atoms with Crippen molar-refractivity contribution in [2.75, 3.05) is 11.5 Å². The van der Waals surface area contributed by atoms with E-state index in [2.05, 4.69) is 43.8 Å². The molecule has 1 atom stereocenters. The smallest absolute Gasteiger partial charge is 0.310 e. The van der Waals surface area contributed by atoms with Crippen molar-refractivity contribution in [1.29, 1.82) is 0 Å². The molecule has 7 heteroatoms. The highest BCUT2D eigenvalue weighted by molar-refractivity contribution is 6.74. The lowest BCUT2D eigenvalue weighted by Crippen LogP contribution is -2.45. The number of carbonyl (C=O) groups is 1. The molecule has 5 nitrogen and oxygen atoms in total. The molecule has 1 saturated heterocycles. The summed E-state index contributed by atoms with van der Waals surface area (Å²) < 4.78 is 19.4. The second-order valence-electron chi connectivity index (χ2n) is 7.21. The van der Waals surface area contributed by atoms with Gasteiger partial charge in [0.1, 0.15) is 5.82 Å². The fourth-order valence-corrected chi connectivity index (χ4v) is 3.24. The lowest BCUT2D eigenvalue weighted by Gasteiger charge is -2.37. The highest BCUT2D eigenvalue weighted by Gasteiger charge is 2.40. The van der Waals surface area contributed by atoms with Crippen LogP contribution in [0.2, 0.25) is 18.1 Å². The molecular weight excluding hydrogens is 301 g/mol. The van der Waals surface area contributed by atoms with E-state index in [1.807, 2.05) is 0 Å². The van der Waals surface area contributed by atoms with Gasteiger partial charge < -0.3 is 4.43 Å². The van der Waals surface area contributed by atoms with Crippen molar-refractivity contribution in [2.45, 2.75) is 57.8 Å². The van der Waals surface area contributed by atoms with Crippen LogP contribution < -0.4 is 4.90 Å². The van der Waals surface area contributed by atoms with Crippen LogP contribution >= 0.6 is 0 Å².